The number of carbonyl (C=O) groups excluding carboxylic acids is 1. The lowest BCUT2D eigenvalue weighted by atomic mass is 10.2. The Morgan fingerprint density at radius 1 is 1.03 bits per heavy atom. The molecule has 1 amide bonds. The van der Waals surface area contributed by atoms with Crippen LogP contribution in [0.15, 0.2) is 92.6 Å². The van der Waals surface area contributed by atoms with Gasteiger partial charge in [0, 0.05) is 18.5 Å². The molecule has 8 heteroatoms. The third-order valence-corrected chi connectivity index (χ3v) is 8.60. The molecule has 0 saturated carbocycles. The van der Waals surface area contributed by atoms with E-state index < -0.39 is 0 Å². The Hall–Kier alpha value is -3.67. The van der Waals surface area contributed by atoms with Crippen molar-refractivity contribution in [2.45, 2.75) is 31.2 Å². The van der Waals surface area contributed by atoms with Crippen molar-refractivity contribution in [2.24, 2.45) is 4.99 Å². The molecular formula is C29H27N5OS2. The van der Waals surface area contributed by atoms with Crippen molar-refractivity contribution in [3.63, 3.8) is 0 Å². The molecule has 0 radical (unpaired) electrons. The number of unbranched alkanes of at least 4 members (excludes halogenated alkanes) is 1. The van der Waals surface area contributed by atoms with Crippen LogP contribution in [0.2, 0.25) is 0 Å². The van der Waals surface area contributed by atoms with E-state index in [1.165, 1.54) is 11.8 Å². The highest BCUT2D eigenvalue weighted by Gasteiger charge is 2.39. The van der Waals surface area contributed by atoms with Crippen LogP contribution in [0.5, 0.6) is 0 Å². The van der Waals surface area contributed by atoms with Crippen LogP contribution in [0.1, 0.15) is 30.9 Å². The Morgan fingerprint density at radius 3 is 2.57 bits per heavy atom. The third-order valence-electron chi connectivity index (χ3n) is 6.17. The zero-order valence-electron chi connectivity index (χ0n) is 20.8. The molecule has 0 aromatic heterocycles. The SMILES string of the molecule is CCCCNc1ccc(C#N)cc1N=C1SC(=C2Sc3ccccc3N2C)C(=O)N1Cc1ccccc1. The lowest BCUT2D eigenvalue weighted by Gasteiger charge is -2.17. The average molecular weight is 526 g/mol. The number of hydrogen-bond acceptors (Lipinski definition) is 7. The molecule has 37 heavy (non-hydrogen) atoms. The zero-order chi connectivity index (χ0) is 25.8. The molecule has 6 nitrogen and oxygen atoms in total. The average Bonchev–Trinajstić information content (AvgIpc) is 3.41. The predicted octanol–water partition coefficient (Wildman–Crippen LogP) is 6.94. The Bertz CT molecular complexity index is 1430. The second-order valence-corrected chi connectivity index (χ2v) is 10.8. The van der Waals surface area contributed by atoms with Gasteiger partial charge in [-0.2, -0.15) is 5.26 Å². The summed E-state index contributed by atoms with van der Waals surface area (Å²) in [5.41, 5.74) is 4.16. The van der Waals surface area contributed by atoms with E-state index in [0.29, 0.717) is 27.9 Å². The lowest BCUT2D eigenvalue weighted by Crippen LogP contribution is -2.29. The number of nitriles is 1. The fraction of sp³-hybridized carbons (Fsp3) is 0.207. The minimum atomic E-state index is -0.0633. The number of amidine groups is 1. The van der Waals surface area contributed by atoms with E-state index in [4.69, 9.17) is 4.99 Å². The van der Waals surface area contributed by atoms with Gasteiger partial charge in [0.2, 0.25) is 0 Å². The maximum absolute atomic E-state index is 13.9. The van der Waals surface area contributed by atoms with Crippen molar-refractivity contribution < 1.29 is 4.79 Å². The number of amides is 1. The topological polar surface area (TPSA) is 71.7 Å². The minimum absolute atomic E-state index is 0.0633. The van der Waals surface area contributed by atoms with Crippen molar-refractivity contribution in [1.29, 1.82) is 5.26 Å². The number of para-hydroxylation sites is 1. The van der Waals surface area contributed by atoms with Gasteiger partial charge in [-0.05, 0) is 54.1 Å². The highest BCUT2D eigenvalue weighted by molar-refractivity contribution is 8.19. The van der Waals surface area contributed by atoms with Gasteiger partial charge < -0.3 is 10.2 Å². The van der Waals surface area contributed by atoms with E-state index in [1.807, 2.05) is 55.6 Å². The van der Waals surface area contributed by atoms with E-state index in [1.54, 1.807) is 28.8 Å². The number of fused-ring (bicyclic) bond motifs is 1. The molecular weight excluding hydrogens is 498 g/mol. The lowest BCUT2D eigenvalue weighted by molar-refractivity contribution is -0.122. The Morgan fingerprint density at radius 2 is 1.81 bits per heavy atom. The van der Waals surface area contributed by atoms with Gasteiger partial charge in [-0.1, -0.05) is 67.6 Å². The normalized spacial score (nSPS) is 17.9. The van der Waals surface area contributed by atoms with Gasteiger partial charge in [0.15, 0.2) is 5.17 Å². The standard InChI is InChI=1S/C29H27N5OS2/c1-3-4-16-31-22-15-14-21(18-30)17-23(22)32-29-34(19-20-10-6-5-7-11-20)27(35)26(37-29)28-33(2)24-12-8-9-13-25(24)36-28/h5-15,17,31H,3-4,16,19H2,1-2H3. The number of nitrogens with one attached hydrogen (secondary N) is 1. The van der Waals surface area contributed by atoms with Crippen molar-refractivity contribution >= 4 is 51.7 Å². The molecule has 2 aliphatic rings. The van der Waals surface area contributed by atoms with Gasteiger partial charge in [0.1, 0.15) is 4.91 Å². The number of rotatable bonds is 7. The predicted molar refractivity (Wildman–Crippen MR) is 154 cm³/mol. The minimum Gasteiger partial charge on any atom is -0.383 e. The van der Waals surface area contributed by atoms with Crippen LogP contribution < -0.4 is 10.2 Å². The molecule has 1 N–H and O–H groups in total. The largest absolute Gasteiger partial charge is 0.383 e. The molecule has 1 fully saturated rings. The Balaban J connectivity index is 1.56. The number of thioether (sulfide) groups is 2. The summed E-state index contributed by atoms with van der Waals surface area (Å²) in [6, 6.07) is 25.8. The summed E-state index contributed by atoms with van der Waals surface area (Å²) in [6.45, 7) is 3.38. The molecule has 2 aliphatic heterocycles. The van der Waals surface area contributed by atoms with Gasteiger partial charge >= 0.3 is 0 Å². The van der Waals surface area contributed by atoms with E-state index in [-0.39, 0.29) is 5.91 Å². The first-order valence-corrected chi connectivity index (χ1v) is 13.9. The molecule has 0 atom stereocenters. The van der Waals surface area contributed by atoms with Crippen LogP contribution in [-0.4, -0.2) is 29.6 Å². The summed E-state index contributed by atoms with van der Waals surface area (Å²) in [5.74, 6) is -0.0633. The van der Waals surface area contributed by atoms with Gasteiger partial charge in [0.25, 0.3) is 5.91 Å². The number of benzene rings is 3. The van der Waals surface area contributed by atoms with E-state index >= 15 is 0 Å². The van der Waals surface area contributed by atoms with E-state index in [2.05, 4.69) is 35.3 Å². The number of anilines is 2. The molecule has 2 heterocycles. The second-order valence-electron chi connectivity index (χ2n) is 8.76. The molecule has 3 aromatic carbocycles. The maximum Gasteiger partial charge on any atom is 0.269 e. The first kappa shape index (κ1) is 25.0. The second kappa shape index (κ2) is 11.2. The molecule has 0 bridgehead atoms. The van der Waals surface area contributed by atoms with Crippen molar-refractivity contribution in [2.75, 3.05) is 23.8 Å². The first-order chi connectivity index (χ1) is 18.1. The zero-order valence-corrected chi connectivity index (χ0v) is 22.4. The fourth-order valence-electron chi connectivity index (χ4n) is 4.17. The maximum atomic E-state index is 13.9. The van der Waals surface area contributed by atoms with Gasteiger partial charge in [-0.15, -0.1) is 0 Å². The molecule has 0 spiro atoms. The van der Waals surface area contributed by atoms with Crippen molar-refractivity contribution in [3.05, 3.63) is 93.9 Å². The molecule has 0 unspecified atom stereocenters. The van der Waals surface area contributed by atoms with Crippen LogP contribution in [0, 0.1) is 11.3 Å². The number of carbonyl (C=O) groups is 1. The summed E-state index contributed by atoms with van der Waals surface area (Å²) in [7, 11) is 2.00. The Kier molecular flexibility index (Phi) is 7.54. The number of hydrogen-bond donors (Lipinski definition) is 1. The monoisotopic (exact) mass is 525 g/mol. The van der Waals surface area contributed by atoms with Crippen molar-refractivity contribution in [3.8, 4) is 6.07 Å². The third kappa shape index (κ3) is 5.24. The number of aliphatic imine (C=N–C) groups is 1. The summed E-state index contributed by atoms with van der Waals surface area (Å²) < 4.78 is 0. The van der Waals surface area contributed by atoms with Gasteiger partial charge in [-0.25, -0.2) is 4.99 Å². The van der Waals surface area contributed by atoms with Crippen LogP contribution in [-0.2, 0) is 11.3 Å². The van der Waals surface area contributed by atoms with E-state index in [0.717, 1.165) is 46.2 Å². The Labute approximate surface area is 226 Å². The van der Waals surface area contributed by atoms with E-state index in [9.17, 15) is 10.1 Å². The summed E-state index contributed by atoms with van der Waals surface area (Å²) >= 11 is 3.01. The quantitative estimate of drug-likeness (QED) is 0.266. The molecule has 5 rings (SSSR count). The summed E-state index contributed by atoms with van der Waals surface area (Å²) in [5, 5.41) is 14.5. The van der Waals surface area contributed by atoms with Crippen LogP contribution >= 0.6 is 23.5 Å². The highest BCUT2D eigenvalue weighted by Crippen LogP contribution is 2.50. The smallest absolute Gasteiger partial charge is 0.269 e. The summed E-state index contributed by atoms with van der Waals surface area (Å²) in [6.07, 6.45) is 2.11. The van der Waals surface area contributed by atoms with Crippen LogP contribution in [0.25, 0.3) is 0 Å². The fourth-order valence-corrected chi connectivity index (χ4v) is 6.51. The molecule has 1 saturated heterocycles. The van der Waals surface area contributed by atoms with Gasteiger partial charge in [-0.3, -0.25) is 9.69 Å². The molecule has 3 aromatic rings. The highest BCUT2D eigenvalue weighted by atomic mass is 32.2. The number of nitrogens with zero attached hydrogens (tertiary/aromatic N) is 4. The first-order valence-electron chi connectivity index (χ1n) is 12.2. The molecule has 0 aliphatic carbocycles. The van der Waals surface area contributed by atoms with Crippen molar-refractivity contribution in [1.82, 2.24) is 4.90 Å². The molecule has 186 valence electrons. The van der Waals surface area contributed by atoms with Crippen LogP contribution in [0.3, 0.4) is 0 Å². The van der Waals surface area contributed by atoms with Gasteiger partial charge in [0.05, 0.1) is 40.3 Å². The van der Waals surface area contributed by atoms with Crippen LogP contribution in [0.4, 0.5) is 17.1 Å². The summed E-state index contributed by atoms with van der Waals surface area (Å²) in [4.78, 5) is 24.5.